The highest BCUT2D eigenvalue weighted by molar-refractivity contribution is 7.89. The molecule has 2 aliphatic rings. The van der Waals surface area contributed by atoms with Crippen LogP contribution in [0.4, 0.5) is 0 Å². The normalized spacial score (nSPS) is 16.2. The first kappa shape index (κ1) is 22.1. The van der Waals surface area contributed by atoms with Gasteiger partial charge in [0.1, 0.15) is 12.4 Å². The number of hydrogen-bond donors (Lipinski definition) is 1. The van der Waals surface area contributed by atoms with Crippen molar-refractivity contribution in [3.05, 3.63) is 54.1 Å². The van der Waals surface area contributed by atoms with Crippen molar-refractivity contribution in [2.45, 2.75) is 4.90 Å². The number of hydrogen-bond acceptors (Lipinski definition) is 7. The molecule has 0 spiro atoms. The van der Waals surface area contributed by atoms with Gasteiger partial charge in [0, 0.05) is 19.2 Å². The first-order valence-electron chi connectivity index (χ1n) is 10.2. The maximum Gasteiger partial charge on any atom is 0.244 e. The summed E-state index contributed by atoms with van der Waals surface area (Å²) in [6, 6.07) is 11.7. The van der Waals surface area contributed by atoms with E-state index in [1.54, 1.807) is 30.3 Å². The number of rotatable bonds is 8. The fourth-order valence-corrected chi connectivity index (χ4v) is 4.64. The maximum absolute atomic E-state index is 12.6. The number of fused-ring (bicyclic) bond motifs is 1. The van der Waals surface area contributed by atoms with E-state index in [4.69, 9.17) is 18.9 Å². The van der Waals surface area contributed by atoms with Gasteiger partial charge in [-0.05, 0) is 48.0 Å². The van der Waals surface area contributed by atoms with Gasteiger partial charge in [-0.2, -0.15) is 4.31 Å². The minimum absolute atomic E-state index is 0.204. The molecular formula is C22H24N2O7S. The predicted molar refractivity (Wildman–Crippen MR) is 116 cm³/mol. The first-order chi connectivity index (χ1) is 15.5. The molecule has 2 aliphatic heterocycles. The monoisotopic (exact) mass is 460 g/mol. The summed E-state index contributed by atoms with van der Waals surface area (Å²) in [5.74, 6) is 1.62. The van der Waals surface area contributed by atoms with Crippen LogP contribution in [0.2, 0.25) is 0 Å². The lowest BCUT2D eigenvalue weighted by atomic mass is 10.2. The predicted octanol–water partition coefficient (Wildman–Crippen LogP) is 1.64. The minimum atomic E-state index is -3.53. The number of ether oxygens (including phenoxy) is 4. The molecule has 2 heterocycles. The molecule has 9 nitrogen and oxygen atoms in total. The van der Waals surface area contributed by atoms with Crippen molar-refractivity contribution < 1.29 is 32.2 Å². The second-order valence-electron chi connectivity index (χ2n) is 7.07. The van der Waals surface area contributed by atoms with Crippen LogP contribution in [-0.4, -0.2) is 64.9 Å². The number of morpholine rings is 1. The van der Waals surface area contributed by atoms with Crippen molar-refractivity contribution in [3.8, 4) is 17.2 Å². The van der Waals surface area contributed by atoms with E-state index in [1.807, 2.05) is 6.07 Å². The third-order valence-electron chi connectivity index (χ3n) is 4.93. The largest absolute Gasteiger partial charge is 0.492 e. The van der Waals surface area contributed by atoms with Gasteiger partial charge in [-0.25, -0.2) is 8.42 Å². The van der Waals surface area contributed by atoms with E-state index in [0.29, 0.717) is 50.1 Å². The molecule has 1 amide bonds. The van der Waals surface area contributed by atoms with Crippen LogP contribution in [0, 0.1) is 0 Å². The van der Waals surface area contributed by atoms with Crippen LogP contribution < -0.4 is 19.5 Å². The number of benzene rings is 2. The molecule has 170 valence electrons. The van der Waals surface area contributed by atoms with Crippen LogP contribution in [0.5, 0.6) is 17.2 Å². The molecule has 0 saturated carbocycles. The van der Waals surface area contributed by atoms with E-state index < -0.39 is 10.0 Å². The third-order valence-corrected chi connectivity index (χ3v) is 6.84. The highest BCUT2D eigenvalue weighted by Crippen LogP contribution is 2.32. The lowest BCUT2D eigenvalue weighted by Gasteiger charge is -2.26. The standard InChI is InChI=1S/C22H24N2O7S/c25-22(8-2-17-1-7-20-21(15-17)31-16-30-20)23-9-12-29-18-3-5-19(6-4-18)32(26,27)24-10-13-28-14-11-24/h1-8,15H,9-14,16H2,(H,23,25)/b8-2+. The molecule has 1 saturated heterocycles. The van der Waals surface area contributed by atoms with Gasteiger partial charge in [0.2, 0.25) is 22.7 Å². The van der Waals surface area contributed by atoms with Gasteiger partial charge in [0.25, 0.3) is 0 Å². The van der Waals surface area contributed by atoms with Gasteiger partial charge >= 0.3 is 0 Å². The fraction of sp³-hybridized carbons (Fsp3) is 0.318. The van der Waals surface area contributed by atoms with Crippen molar-refractivity contribution in [1.29, 1.82) is 0 Å². The molecule has 0 bridgehead atoms. The average Bonchev–Trinajstić information content (AvgIpc) is 3.29. The lowest BCUT2D eigenvalue weighted by Crippen LogP contribution is -2.40. The first-order valence-corrected chi connectivity index (χ1v) is 11.6. The molecule has 0 unspecified atom stereocenters. The Morgan fingerprint density at radius 3 is 2.59 bits per heavy atom. The SMILES string of the molecule is O=C(/C=C/c1ccc2c(c1)OCO2)NCCOc1ccc(S(=O)(=O)N2CCOCC2)cc1. The summed E-state index contributed by atoms with van der Waals surface area (Å²) >= 11 is 0. The fourth-order valence-electron chi connectivity index (χ4n) is 3.23. The van der Waals surface area contributed by atoms with Crippen LogP contribution in [0.15, 0.2) is 53.4 Å². The molecule has 1 fully saturated rings. The van der Waals surface area contributed by atoms with E-state index in [2.05, 4.69) is 5.32 Å². The highest BCUT2D eigenvalue weighted by Gasteiger charge is 2.26. The van der Waals surface area contributed by atoms with Crippen molar-refractivity contribution in [2.75, 3.05) is 46.2 Å². The third kappa shape index (κ3) is 5.39. The van der Waals surface area contributed by atoms with Gasteiger partial charge in [-0.3, -0.25) is 4.79 Å². The Morgan fingerprint density at radius 2 is 1.81 bits per heavy atom. The summed E-state index contributed by atoms with van der Waals surface area (Å²) in [5.41, 5.74) is 0.827. The van der Waals surface area contributed by atoms with Crippen LogP contribution in [0.1, 0.15) is 5.56 Å². The summed E-state index contributed by atoms with van der Waals surface area (Å²) in [4.78, 5) is 12.2. The van der Waals surface area contributed by atoms with E-state index >= 15 is 0 Å². The second-order valence-corrected chi connectivity index (χ2v) is 9.01. The molecule has 32 heavy (non-hydrogen) atoms. The van der Waals surface area contributed by atoms with Crippen LogP contribution in [0.3, 0.4) is 0 Å². The molecular weight excluding hydrogens is 436 g/mol. The van der Waals surface area contributed by atoms with E-state index in [-0.39, 0.29) is 24.2 Å². The Hall–Kier alpha value is -3.08. The summed E-state index contributed by atoms with van der Waals surface area (Å²) < 4.78 is 48.0. The van der Waals surface area contributed by atoms with Gasteiger partial charge in [-0.15, -0.1) is 0 Å². The van der Waals surface area contributed by atoms with Crippen LogP contribution in [-0.2, 0) is 19.6 Å². The van der Waals surface area contributed by atoms with E-state index in [9.17, 15) is 13.2 Å². The van der Waals surface area contributed by atoms with Crippen molar-refractivity contribution in [3.63, 3.8) is 0 Å². The van der Waals surface area contributed by atoms with Crippen LogP contribution >= 0.6 is 0 Å². The molecule has 2 aromatic rings. The van der Waals surface area contributed by atoms with Gasteiger partial charge in [0.05, 0.1) is 24.7 Å². The number of carbonyl (C=O) groups excluding carboxylic acids is 1. The number of nitrogens with zero attached hydrogens (tertiary/aromatic N) is 1. The average molecular weight is 461 g/mol. The number of amides is 1. The number of sulfonamides is 1. The Balaban J connectivity index is 1.21. The minimum Gasteiger partial charge on any atom is -0.492 e. The highest BCUT2D eigenvalue weighted by atomic mass is 32.2. The number of carbonyl (C=O) groups is 1. The van der Waals surface area contributed by atoms with Gasteiger partial charge in [-0.1, -0.05) is 6.07 Å². The molecule has 2 aromatic carbocycles. The zero-order chi connectivity index (χ0) is 22.4. The van der Waals surface area contributed by atoms with Crippen LogP contribution in [0.25, 0.3) is 6.08 Å². The Morgan fingerprint density at radius 1 is 1.06 bits per heavy atom. The Labute approximate surface area is 186 Å². The number of nitrogens with one attached hydrogen (secondary N) is 1. The zero-order valence-corrected chi connectivity index (χ0v) is 18.2. The quantitative estimate of drug-likeness (QED) is 0.472. The summed E-state index contributed by atoms with van der Waals surface area (Å²) in [6.07, 6.45) is 3.12. The molecule has 4 rings (SSSR count). The summed E-state index contributed by atoms with van der Waals surface area (Å²) in [7, 11) is -3.53. The molecule has 10 heteroatoms. The molecule has 0 radical (unpaired) electrons. The lowest BCUT2D eigenvalue weighted by molar-refractivity contribution is -0.116. The maximum atomic E-state index is 12.6. The van der Waals surface area contributed by atoms with Crippen molar-refractivity contribution in [1.82, 2.24) is 9.62 Å². The van der Waals surface area contributed by atoms with Gasteiger partial charge < -0.3 is 24.3 Å². The van der Waals surface area contributed by atoms with E-state index in [0.717, 1.165) is 5.56 Å². The van der Waals surface area contributed by atoms with Gasteiger partial charge in [0.15, 0.2) is 11.5 Å². The Bertz CT molecular complexity index is 1080. The van der Waals surface area contributed by atoms with E-state index in [1.165, 1.54) is 22.5 Å². The van der Waals surface area contributed by atoms with Crippen molar-refractivity contribution >= 4 is 22.0 Å². The topological polar surface area (TPSA) is 103 Å². The molecule has 0 atom stereocenters. The zero-order valence-electron chi connectivity index (χ0n) is 17.4. The summed E-state index contributed by atoms with van der Waals surface area (Å²) in [5, 5.41) is 2.73. The van der Waals surface area contributed by atoms with Crippen molar-refractivity contribution in [2.24, 2.45) is 0 Å². The molecule has 0 aliphatic carbocycles. The Kier molecular flexibility index (Phi) is 6.93. The molecule has 1 N–H and O–H groups in total. The molecule has 0 aromatic heterocycles. The second kappa shape index (κ2) is 10.0. The summed E-state index contributed by atoms with van der Waals surface area (Å²) in [6.45, 7) is 2.26. The smallest absolute Gasteiger partial charge is 0.244 e.